The Balaban J connectivity index is 2.06. The largest absolute Gasteiger partial charge is 0.494 e. The quantitative estimate of drug-likeness (QED) is 0.795. The molecule has 0 fully saturated rings. The molecule has 0 bridgehead atoms. The van der Waals surface area contributed by atoms with Gasteiger partial charge in [-0.3, -0.25) is 4.79 Å². The Hall–Kier alpha value is -1.69. The van der Waals surface area contributed by atoms with Crippen molar-refractivity contribution in [2.45, 2.75) is 19.0 Å². The van der Waals surface area contributed by atoms with Crippen LogP contribution in [0, 0.1) is 0 Å². The molecule has 6 heteroatoms. The van der Waals surface area contributed by atoms with E-state index < -0.39 is 0 Å². The van der Waals surface area contributed by atoms with Crippen LogP contribution in [-0.2, 0) is 4.79 Å². The van der Waals surface area contributed by atoms with E-state index in [0.29, 0.717) is 18.9 Å². The molecule has 0 saturated carbocycles. The van der Waals surface area contributed by atoms with E-state index in [1.807, 2.05) is 32.0 Å². The highest BCUT2D eigenvalue weighted by Gasteiger charge is 2.07. The van der Waals surface area contributed by atoms with Gasteiger partial charge >= 0.3 is 0 Å². The summed E-state index contributed by atoms with van der Waals surface area (Å²) in [6.07, 6.45) is 0. The van der Waals surface area contributed by atoms with Crippen LogP contribution in [-0.4, -0.2) is 34.8 Å². The molecule has 2 N–H and O–H groups in total. The minimum absolute atomic E-state index is 0.0166. The van der Waals surface area contributed by atoms with Gasteiger partial charge in [-0.1, -0.05) is 11.8 Å². The number of hydrogen-bond donors (Lipinski definition) is 2. The number of fused-ring (bicyclic) bond motifs is 1. The van der Waals surface area contributed by atoms with Gasteiger partial charge in [-0.15, -0.1) is 0 Å². The Kier molecular flexibility index (Phi) is 4.68. The van der Waals surface area contributed by atoms with E-state index in [1.165, 1.54) is 11.8 Å². The SMILES string of the molecule is CCNC(=O)CSc1nc2ccc(OCC)cc2[nH]1. The van der Waals surface area contributed by atoms with E-state index in [0.717, 1.165) is 21.9 Å². The normalized spacial score (nSPS) is 10.6. The molecule has 5 nitrogen and oxygen atoms in total. The van der Waals surface area contributed by atoms with Gasteiger partial charge in [0.05, 0.1) is 23.4 Å². The first kappa shape index (κ1) is 13.7. The smallest absolute Gasteiger partial charge is 0.230 e. The summed E-state index contributed by atoms with van der Waals surface area (Å²) < 4.78 is 5.43. The summed E-state index contributed by atoms with van der Waals surface area (Å²) in [6.45, 7) is 5.14. The van der Waals surface area contributed by atoms with Crippen LogP contribution in [0.1, 0.15) is 13.8 Å². The molecule has 0 aliphatic rings. The Morgan fingerprint density at radius 2 is 2.32 bits per heavy atom. The van der Waals surface area contributed by atoms with Gasteiger partial charge in [0, 0.05) is 12.6 Å². The summed E-state index contributed by atoms with van der Waals surface area (Å²) in [5.74, 6) is 1.20. The Morgan fingerprint density at radius 1 is 1.47 bits per heavy atom. The number of carbonyl (C=O) groups is 1. The van der Waals surface area contributed by atoms with E-state index in [2.05, 4.69) is 15.3 Å². The van der Waals surface area contributed by atoms with Gasteiger partial charge in [0.2, 0.25) is 5.91 Å². The summed E-state index contributed by atoms with van der Waals surface area (Å²) in [6, 6.07) is 5.72. The molecule has 0 radical (unpaired) electrons. The number of amides is 1. The predicted octanol–water partition coefficient (Wildman–Crippen LogP) is 2.19. The third kappa shape index (κ3) is 3.64. The molecule has 1 amide bonds. The molecule has 0 spiro atoms. The van der Waals surface area contributed by atoms with Gasteiger partial charge in [0.25, 0.3) is 0 Å². The summed E-state index contributed by atoms with van der Waals surface area (Å²) >= 11 is 1.39. The topological polar surface area (TPSA) is 67.0 Å². The Morgan fingerprint density at radius 3 is 3.05 bits per heavy atom. The monoisotopic (exact) mass is 279 g/mol. The fraction of sp³-hybridized carbons (Fsp3) is 0.385. The first-order valence-corrected chi connectivity index (χ1v) is 7.23. The van der Waals surface area contributed by atoms with Crippen LogP contribution < -0.4 is 10.1 Å². The van der Waals surface area contributed by atoms with E-state index in [-0.39, 0.29) is 5.91 Å². The molecule has 1 aromatic heterocycles. The van der Waals surface area contributed by atoms with Gasteiger partial charge in [-0.2, -0.15) is 0 Å². The van der Waals surface area contributed by atoms with Crippen molar-refractivity contribution in [1.29, 1.82) is 0 Å². The van der Waals surface area contributed by atoms with Crippen molar-refractivity contribution in [3.63, 3.8) is 0 Å². The number of rotatable bonds is 6. The average molecular weight is 279 g/mol. The number of aromatic amines is 1. The maximum absolute atomic E-state index is 11.4. The number of thioether (sulfide) groups is 1. The van der Waals surface area contributed by atoms with Crippen LogP contribution in [0.3, 0.4) is 0 Å². The van der Waals surface area contributed by atoms with Gasteiger partial charge in [-0.25, -0.2) is 4.98 Å². The standard InChI is InChI=1S/C13H17N3O2S/c1-3-14-12(17)8-19-13-15-10-6-5-9(18-4-2)7-11(10)16-13/h5-7H,3-4,8H2,1-2H3,(H,14,17)(H,15,16). The van der Waals surface area contributed by atoms with E-state index in [4.69, 9.17) is 4.74 Å². The summed E-state index contributed by atoms with van der Waals surface area (Å²) in [5, 5.41) is 3.50. The second kappa shape index (κ2) is 6.47. The lowest BCUT2D eigenvalue weighted by atomic mass is 10.3. The maximum Gasteiger partial charge on any atom is 0.230 e. The summed E-state index contributed by atoms with van der Waals surface area (Å²) in [7, 11) is 0. The van der Waals surface area contributed by atoms with Crippen LogP contribution in [0.15, 0.2) is 23.4 Å². The number of H-pyrrole nitrogens is 1. The second-order valence-electron chi connectivity index (χ2n) is 3.90. The van der Waals surface area contributed by atoms with Crippen molar-refractivity contribution in [2.24, 2.45) is 0 Å². The highest BCUT2D eigenvalue weighted by molar-refractivity contribution is 7.99. The van der Waals surface area contributed by atoms with Crippen molar-refractivity contribution in [3.8, 4) is 5.75 Å². The van der Waals surface area contributed by atoms with E-state index >= 15 is 0 Å². The maximum atomic E-state index is 11.4. The third-order valence-electron chi connectivity index (χ3n) is 2.46. The Labute approximate surface area is 116 Å². The van der Waals surface area contributed by atoms with Crippen molar-refractivity contribution in [2.75, 3.05) is 18.9 Å². The highest BCUT2D eigenvalue weighted by Crippen LogP contribution is 2.23. The third-order valence-corrected chi connectivity index (χ3v) is 3.33. The molecule has 19 heavy (non-hydrogen) atoms. The summed E-state index contributed by atoms with van der Waals surface area (Å²) in [4.78, 5) is 19.0. The molecular weight excluding hydrogens is 262 g/mol. The number of carbonyl (C=O) groups excluding carboxylic acids is 1. The zero-order valence-corrected chi connectivity index (χ0v) is 11.8. The van der Waals surface area contributed by atoms with E-state index in [9.17, 15) is 4.79 Å². The van der Waals surface area contributed by atoms with Crippen molar-refractivity contribution < 1.29 is 9.53 Å². The molecule has 2 aromatic rings. The molecule has 1 aromatic carbocycles. The zero-order chi connectivity index (χ0) is 13.7. The summed E-state index contributed by atoms with van der Waals surface area (Å²) in [5.41, 5.74) is 1.80. The predicted molar refractivity (Wildman–Crippen MR) is 76.7 cm³/mol. The zero-order valence-electron chi connectivity index (χ0n) is 11.0. The molecule has 0 saturated heterocycles. The fourth-order valence-corrected chi connectivity index (χ4v) is 2.39. The first-order chi connectivity index (χ1) is 9.22. The lowest BCUT2D eigenvalue weighted by molar-refractivity contribution is -0.118. The highest BCUT2D eigenvalue weighted by atomic mass is 32.2. The van der Waals surface area contributed by atoms with Crippen molar-refractivity contribution >= 4 is 28.7 Å². The lowest BCUT2D eigenvalue weighted by Crippen LogP contribution is -2.24. The minimum atomic E-state index is 0.0166. The number of benzene rings is 1. The average Bonchev–Trinajstić information content (AvgIpc) is 2.79. The molecule has 2 rings (SSSR count). The molecule has 0 aliphatic carbocycles. The minimum Gasteiger partial charge on any atom is -0.494 e. The van der Waals surface area contributed by atoms with Crippen LogP contribution >= 0.6 is 11.8 Å². The van der Waals surface area contributed by atoms with Crippen molar-refractivity contribution in [3.05, 3.63) is 18.2 Å². The molecule has 0 atom stereocenters. The molecule has 0 unspecified atom stereocenters. The number of ether oxygens (including phenoxy) is 1. The van der Waals surface area contributed by atoms with Gasteiger partial charge in [-0.05, 0) is 26.0 Å². The molecule has 1 heterocycles. The number of nitrogens with zero attached hydrogens (tertiary/aromatic N) is 1. The van der Waals surface area contributed by atoms with E-state index in [1.54, 1.807) is 0 Å². The van der Waals surface area contributed by atoms with Crippen LogP contribution in [0.5, 0.6) is 5.75 Å². The van der Waals surface area contributed by atoms with Crippen LogP contribution in [0.2, 0.25) is 0 Å². The molecule has 0 aliphatic heterocycles. The Bertz CT molecular complexity index is 568. The molecular formula is C13H17N3O2S. The van der Waals surface area contributed by atoms with Crippen LogP contribution in [0.4, 0.5) is 0 Å². The fourth-order valence-electron chi connectivity index (χ4n) is 1.67. The van der Waals surface area contributed by atoms with Gasteiger partial charge in [0.1, 0.15) is 5.75 Å². The number of aromatic nitrogens is 2. The van der Waals surface area contributed by atoms with Crippen molar-refractivity contribution in [1.82, 2.24) is 15.3 Å². The second-order valence-corrected chi connectivity index (χ2v) is 4.86. The number of hydrogen-bond acceptors (Lipinski definition) is 4. The first-order valence-electron chi connectivity index (χ1n) is 6.25. The lowest BCUT2D eigenvalue weighted by Gasteiger charge is -2.00. The molecule has 102 valence electrons. The number of imidazole rings is 1. The number of nitrogens with one attached hydrogen (secondary N) is 2. The van der Waals surface area contributed by atoms with Gasteiger partial charge < -0.3 is 15.0 Å². The van der Waals surface area contributed by atoms with Crippen LogP contribution in [0.25, 0.3) is 11.0 Å². The van der Waals surface area contributed by atoms with Gasteiger partial charge in [0.15, 0.2) is 5.16 Å².